The first-order chi connectivity index (χ1) is 14.0. The quantitative estimate of drug-likeness (QED) is 0.800. The van der Waals surface area contributed by atoms with Crippen LogP contribution in [-0.4, -0.2) is 43.2 Å². The third kappa shape index (κ3) is 4.59. The van der Waals surface area contributed by atoms with E-state index in [0.29, 0.717) is 24.1 Å². The Kier molecular flexibility index (Phi) is 6.11. The molecule has 1 fully saturated rings. The van der Waals surface area contributed by atoms with Crippen molar-refractivity contribution in [3.8, 4) is 10.8 Å². The van der Waals surface area contributed by atoms with Gasteiger partial charge in [-0.3, -0.25) is 4.79 Å². The highest BCUT2D eigenvalue weighted by atomic mass is 32.1. The van der Waals surface area contributed by atoms with E-state index in [9.17, 15) is 4.79 Å². The fraction of sp³-hybridized carbons (Fsp3) is 0.522. The van der Waals surface area contributed by atoms with E-state index in [1.54, 1.807) is 18.4 Å². The van der Waals surface area contributed by atoms with Crippen molar-refractivity contribution in [1.29, 1.82) is 0 Å². The van der Waals surface area contributed by atoms with E-state index in [0.717, 1.165) is 43.2 Å². The number of methoxy groups -OCH3 is 1. The summed E-state index contributed by atoms with van der Waals surface area (Å²) in [6, 6.07) is 10.1. The average Bonchev–Trinajstić information content (AvgIpc) is 3.14. The largest absolute Gasteiger partial charge is 0.497 e. The molecule has 1 aromatic carbocycles. The lowest BCUT2D eigenvalue weighted by Gasteiger charge is -2.32. The molecule has 29 heavy (non-hydrogen) atoms. The topological polar surface area (TPSA) is 50.8 Å². The number of hydrogen-bond donors (Lipinski definition) is 1. The van der Waals surface area contributed by atoms with Crippen molar-refractivity contribution in [2.45, 2.75) is 51.8 Å². The number of nitrogens with zero attached hydrogens (tertiary/aromatic N) is 1. The number of thiophene rings is 1. The van der Waals surface area contributed by atoms with E-state index >= 15 is 0 Å². The summed E-state index contributed by atoms with van der Waals surface area (Å²) in [6.45, 7) is 6.95. The molecule has 1 amide bonds. The molecule has 2 atom stereocenters. The first kappa shape index (κ1) is 20.2. The second-order valence-electron chi connectivity index (χ2n) is 8.29. The zero-order valence-electron chi connectivity index (χ0n) is 17.4. The van der Waals surface area contributed by atoms with Crippen molar-refractivity contribution < 1.29 is 14.3 Å². The van der Waals surface area contributed by atoms with Gasteiger partial charge in [-0.1, -0.05) is 13.8 Å². The first-order valence-corrected chi connectivity index (χ1v) is 11.3. The zero-order valence-corrected chi connectivity index (χ0v) is 18.3. The van der Waals surface area contributed by atoms with Gasteiger partial charge in [0.2, 0.25) is 0 Å². The molecule has 0 aliphatic carbocycles. The van der Waals surface area contributed by atoms with Crippen molar-refractivity contribution in [3.63, 3.8) is 0 Å². The Hall–Kier alpha value is -2.05. The molecule has 5 nitrogen and oxygen atoms in total. The maximum Gasteiger partial charge on any atom is 0.254 e. The van der Waals surface area contributed by atoms with Crippen LogP contribution < -0.4 is 14.8 Å². The second-order valence-corrected chi connectivity index (χ2v) is 9.39. The van der Waals surface area contributed by atoms with Crippen molar-refractivity contribution in [1.82, 2.24) is 10.2 Å². The number of carbonyl (C=O) groups is 1. The normalized spacial score (nSPS) is 21.7. The molecule has 2 aromatic rings. The smallest absolute Gasteiger partial charge is 0.254 e. The Bertz CT molecular complexity index is 846. The fourth-order valence-electron chi connectivity index (χ4n) is 4.13. The highest BCUT2D eigenvalue weighted by molar-refractivity contribution is 7.14. The van der Waals surface area contributed by atoms with Crippen molar-refractivity contribution in [2.24, 2.45) is 5.92 Å². The van der Waals surface area contributed by atoms with Crippen LogP contribution in [0.15, 0.2) is 30.3 Å². The van der Waals surface area contributed by atoms with Crippen molar-refractivity contribution in [2.75, 3.05) is 20.2 Å². The molecule has 3 heterocycles. The minimum Gasteiger partial charge on any atom is -0.497 e. The SMILES string of the molecule is COc1ccc(C(=O)N2CCc3cc(OC4CCNC(C(C)C)C4)sc3C2)cc1. The van der Waals surface area contributed by atoms with E-state index in [-0.39, 0.29) is 12.0 Å². The molecule has 2 aliphatic heterocycles. The Labute approximate surface area is 177 Å². The summed E-state index contributed by atoms with van der Waals surface area (Å²) in [5.41, 5.74) is 2.04. The summed E-state index contributed by atoms with van der Waals surface area (Å²) in [4.78, 5) is 16.1. The summed E-state index contributed by atoms with van der Waals surface area (Å²) in [5, 5.41) is 4.60. The monoisotopic (exact) mass is 414 g/mol. The second kappa shape index (κ2) is 8.76. The van der Waals surface area contributed by atoms with Crippen LogP contribution in [-0.2, 0) is 13.0 Å². The third-order valence-corrected chi connectivity index (χ3v) is 7.01. The lowest BCUT2D eigenvalue weighted by Crippen LogP contribution is -2.45. The maximum absolute atomic E-state index is 12.9. The Morgan fingerprint density at radius 3 is 2.79 bits per heavy atom. The Balaban J connectivity index is 1.40. The summed E-state index contributed by atoms with van der Waals surface area (Å²) in [7, 11) is 1.63. The van der Waals surface area contributed by atoms with Crippen LogP contribution in [0.3, 0.4) is 0 Å². The van der Waals surface area contributed by atoms with Gasteiger partial charge in [0.1, 0.15) is 11.9 Å². The standard InChI is InChI=1S/C23H30N2O3S/c1-15(2)20-13-19(8-10-24-20)28-22-12-17-9-11-25(14-21(17)29-22)23(26)16-4-6-18(27-3)7-5-16/h4-7,12,15,19-20,24H,8-11,13-14H2,1-3H3. The molecule has 2 aliphatic rings. The molecule has 6 heteroatoms. The molecule has 0 radical (unpaired) electrons. The number of benzene rings is 1. The van der Waals surface area contributed by atoms with Gasteiger partial charge in [0.25, 0.3) is 5.91 Å². The zero-order chi connectivity index (χ0) is 20.4. The van der Waals surface area contributed by atoms with Crippen LogP contribution in [0.4, 0.5) is 0 Å². The van der Waals surface area contributed by atoms with Gasteiger partial charge in [-0.25, -0.2) is 0 Å². The summed E-state index contributed by atoms with van der Waals surface area (Å²) < 4.78 is 11.5. The molecule has 2 unspecified atom stereocenters. The van der Waals surface area contributed by atoms with Gasteiger partial charge in [-0.05, 0) is 67.6 Å². The number of hydrogen-bond acceptors (Lipinski definition) is 5. The van der Waals surface area contributed by atoms with E-state index < -0.39 is 0 Å². The lowest BCUT2D eigenvalue weighted by atomic mass is 9.93. The van der Waals surface area contributed by atoms with Gasteiger partial charge < -0.3 is 19.7 Å². The van der Waals surface area contributed by atoms with E-state index in [4.69, 9.17) is 9.47 Å². The van der Waals surface area contributed by atoms with Gasteiger partial charge >= 0.3 is 0 Å². The highest BCUT2D eigenvalue weighted by Crippen LogP contribution is 2.35. The van der Waals surface area contributed by atoms with Gasteiger partial charge in [-0.15, -0.1) is 11.3 Å². The number of nitrogens with one attached hydrogen (secondary N) is 1. The molecule has 1 aromatic heterocycles. The fourth-order valence-corrected chi connectivity index (χ4v) is 5.27. The van der Waals surface area contributed by atoms with Crippen LogP contribution in [0.2, 0.25) is 0 Å². The van der Waals surface area contributed by atoms with Crippen LogP contribution in [0.25, 0.3) is 0 Å². The number of amides is 1. The molecule has 0 saturated carbocycles. The maximum atomic E-state index is 12.9. The van der Waals surface area contributed by atoms with Crippen molar-refractivity contribution >= 4 is 17.2 Å². The van der Waals surface area contributed by atoms with Crippen LogP contribution in [0.5, 0.6) is 10.8 Å². The van der Waals surface area contributed by atoms with Crippen LogP contribution >= 0.6 is 11.3 Å². The third-order valence-electron chi connectivity index (χ3n) is 5.96. The summed E-state index contributed by atoms with van der Waals surface area (Å²) in [5.74, 6) is 1.46. The minimum atomic E-state index is 0.0762. The number of carbonyl (C=O) groups excluding carboxylic acids is 1. The van der Waals surface area contributed by atoms with Crippen LogP contribution in [0.1, 0.15) is 47.5 Å². The predicted molar refractivity (Wildman–Crippen MR) is 116 cm³/mol. The van der Waals surface area contributed by atoms with E-state index in [2.05, 4.69) is 25.2 Å². The van der Waals surface area contributed by atoms with Gasteiger partial charge in [0.15, 0.2) is 5.06 Å². The van der Waals surface area contributed by atoms with Gasteiger partial charge in [-0.2, -0.15) is 0 Å². The molecular weight excluding hydrogens is 384 g/mol. The van der Waals surface area contributed by atoms with Gasteiger partial charge in [0, 0.05) is 23.0 Å². The van der Waals surface area contributed by atoms with Gasteiger partial charge in [0.05, 0.1) is 13.7 Å². The molecule has 0 bridgehead atoms. The Morgan fingerprint density at radius 1 is 1.28 bits per heavy atom. The highest BCUT2D eigenvalue weighted by Gasteiger charge is 2.27. The van der Waals surface area contributed by atoms with E-state index in [1.807, 2.05) is 29.2 Å². The lowest BCUT2D eigenvalue weighted by molar-refractivity contribution is 0.0737. The summed E-state index contributed by atoms with van der Waals surface area (Å²) >= 11 is 1.70. The Morgan fingerprint density at radius 2 is 2.07 bits per heavy atom. The van der Waals surface area contributed by atoms with E-state index in [1.165, 1.54) is 10.4 Å². The molecule has 4 rings (SSSR count). The minimum absolute atomic E-state index is 0.0762. The number of ether oxygens (including phenoxy) is 2. The van der Waals surface area contributed by atoms with Crippen molar-refractivity contribution in [3.05, 3.63) is 46.3 Å². The predicted octanol–water partition coefficient (Wildman–Crippen LogP) is 4.11. The number of piperidine rings is 1. The molecule has 1 saturated heterocycles. The van der Waals surface area contributed by atoms with Crippen LogP contribution in [0, 0.1) is 5.92 Å². The molecular formula is C23H30N2O3S. The first-order valence-electron chi connectivity index (χ1n) is 10.5. The number of fused-ring (bicyclic) bond motifs is 1. The molecule has 1 N–H and O–H groups in total. The summed E-state index contributed by atoms with van der Waals surface area (Å²) in [6.07, 6.45) is 3.27. The average molecular weight is 415 g/mol. The number of rotatable bonds is 5. The molecule has 156 valence electrons. The molecule has 0 spiro atoms.